The highest BCUT2D eigenvalue weighted by atomic mass is 16.5. The maximum Gasteiger partial charge on any atom is 0.160 e. The normalized spacial score (nSPS) is 22.9. The lowest BCUT2D eigenvalue weighted by molar-refractivity contribution is 0.108. The summed E-state index contributed by atoms with van der Waals surface area (Å²) >= 11 is 0. The van der Waals surface area contributed by atoms with Gasteiger partial charge in [-0.1, -0.05) is 12.5 Å². The van der Waals surface area contributed by atoms with Crippen molar-refractivity contribution in [3.8, 4) is 11.5 Å². The van der Waals surface area contributed by atoms with Gasteiger partial charge in [0.05, 0.1) is 13.2 Å². The molecule has 2 rings (SSSR count). The molecule has 0 aromatic heterocycles. The van der Waals surface area contributed by atoms with Crippen molar-refractivity contribution >= 4 is 0 Å². The van der Waals surface area contributed by atoms with Crippen LogP contribution in [0.5, 0.6) is 11.5 Å². The molecule has 1 aliphatic carbocycles. The average molecular weight is 265 g/mol. The molecule has 0 spiro atoms. The number of benzene rings is 1. The number of nitrogens with zero attached hydrogens (tertiary/aromatic N) is 1. The van der Waals surface area contributed by atoms with E-state index in [9.17, 15) is 10.2 Å². The third kappa shape index (κ3) is 3.61. The largest absolute Gasteiger partial charge is 0.504 e. The molecule has 0 heterocycles. The van der Waals surface area contributed by atoms with Gasteiger partial charge in [-0.15, -0.1) is 0 Å². The van der Waals surface area contributed by atoms with Gasteiger partial charge >= 0.3 is 0 Å². The lowest BCUT2D eigenvalue weighted by Gasteiger charge is -2.23. The second-order valence-electron chi connectivity index (χ2n) is 5.46. The lowest BCUT2D eigenvalue weighted by Crippen LogP contribution is -2.29. The Bertz CT molecular complexity index is 422. The lowest BCUT2D eigenvalue weighted by atomic mass is 10.1. The van der Waals surface area contributed by atoms with Crippen LogP contribution in [-0.4, -0.2) is 41.9 Å². The zero-order valence-corrected chi connectivity index (χ0v) is 11.7. The Balaban J connectivity index is 1.91. The zero-order valence-electron chi connectivity index (χ0n) is 11.7. The predicted molar refractivity (Wildman–Crippen MR) is 74.3 cm³/mol. The first kappa shape index (κ1) is 14.2. The predicted octanol–water partition coefficient (Wildman–Crippen LogP) is 1.99. The van der Waals surface area contributed by atoms with Gasteiger partial charge in [-0.25, -0.2) is 0 Å². The topological polar surface area (TPSA) is 52.9 Å². The fourth-order valence-electron chi connectivity index (χ4n) is 2.84. The van der Waals surface area contributed by atoms with E-state index < -0.39 is 0 Å². The number of phenols is 1. The second-order valence-corrected chi connectivity index (χ2v) is 5.46. The highest BCUT2D eigenvalue weighted by molar-refractivity contribution is 5.41. The quantitative estimate of drug-likeness (QED) is 0.855. The fraction of sp³-hybridized carbons (Fsp3) is 0.600. The van der Waals surface area contributed by atoms with Gasteiger partial charge in [0.15, 0.2) is 11.5 Å². The number of methoxy groups -OCH3 is 1. The number of aromatic hydroxyl groups is 1. The average Bonchev–Trinajstić information content (AvgIpc) is 2.75. The van der Waals surface area contributed by atoms with Crippen LogP contribution in [0.3, 0.4) is 0 Å². The van der Waals surface area contributed by atoms with Crippen molar-refractivity contribution < 1.29 is 14.9 Å². The van der Waals surface area contributed by atoms with E-state index in [0.29, 0.717) is 11.7 Å². The van der Waals surface area contributed by atoms with Gasteiger partial charge in [-0.05, 0) is 43.5 Å². The molecule has 2 atom stereocenters. The minimum absolute atomic E-state index is 0.147. The van der Waals surface area contributed by atoms with Gasteiger partial charge in [0, 0.05) is 13.1 Å². The number of hydrogen-bond acceptors (Lipinski definition) is 4. The van der Waals surface area contributed by atoms with Crippen LogP contribution in [0.1, 0.15) is 24.8 Å². The number of phenolic OH excluding ortho intramolecular Hbond substituents is 1. The third-order valence-electron chi connectivity index (χ3n) is 3.86. The summed E-state index contributed by atoms with van der Waals surface area (Å²) in [6, 6.07) is 5.48. The monoisotopic (exact) mass is 265 g/mol. The van der Waals surface area contributed by atoms with Crippen molar-refractivity contribution in [1.29, 1.82) is 0 Å². The molecular formula is C15H23NO3. The number of aliphatic hydroxyl groups is 1. The van der Waals surface area contributed by atoms with E-state index in [1.165, 1.54) is 0 Å². The van der Waals surface area contributed by atoms with Gasteiger partial charge in [0.1, 0.15) is 0 Å². The number of rotatable bonds is 5. The molecule has 1 aromatic rings. The van der Waals surface area contributed by atoms with Crippen LogP contribution in [0.4, 0.5) is 0 Å². The Hall–Kier alpha value is -1.26. The molecule has 1 aromatic carbocycles. The minimum Gasteiger partial charge on any atom is -0.504 e. The summed E-state index contributed by atoms with van der Waals surface area (Å²) in [4.78, 5) is 2.19. The van der Waals surface area contributed by atoms with Crippen molar-refractivity contribution in [3.05, 3.63) is 23.8 Å². The summed E-state index contributed by atoms with van der Waals surface area (Å²) in [6.07, 6.45) is 3.02. The molecule has 19 heavy (non-hydrogen) atoms. The van der Waals surface area contributed by atoms with Gasteiger partial charge in [-0.3, -0.25) is 0 Å². The van der Waals surface area contributed by atoms with Gasteiger partial charge in [-0.2, -0.15) is 0 Å². The Kier molecular flexibility index (Phi) is 4.66. The molecule has 0 saturated heterocycles. The van der Waals surface area contributed by atoms with Crippen molar-refractivity contribution in [2.75, 3.05) is 20.7 Å². The molecule has 2 N–H and O–H groups in total. The maximum atomic E-state index is 9.83. The number of hydrogen-bond donors (Lipinski definition) is 2. The van der Waals surface area contributed by atoms with E-state index in [4.69, 9.17) is 4.74 Å². The van der Waals surface area contributed by atoms with Gasteiger partial charge < -0.3 is 19.8 Å². The molecule has 0 bridgehead atoms. The smallest absolute Gasteiger partial charge is 0.160 e. The van der Waals surface area contributed by atoms with E-state index in [2.05, 4.69) is 4.90 Å². The summed E-state index contributed by atoms with van der Waals surface area (Å²) in [5.41, 5.74) is 1.05. The Morgan fingerprint density at radius 2 is 2.16 bits per heavy atom. The molecule has 1 fully saturated rings. The summed E-state index contributed by atoms with van der Waals surface area (Å²) in [5, 5.41) is 19.6. The van der Waals surface area contributed by atoms with Crippen LogP contribution in [0.15, 0.2) is 18.2 Å². The summed E-state index contributed by atoms with van der Waals surface area (Å²) in [7, 11) is 3.59. The molecule has 4 heteroatoms. The van der Waals surface area contributed by atoms with Crippen molar-refractivity contribution in [2.45, 2.75) is 31.9 Å². The van der Waals surface area contributed by atoms with Crippen molar-refractivity contribution in [2.24, 2.45) is 5.92 Å². The number of ether oxygens (including phenoxy) is 1. The molecule has 106 valence electrons. The first-order valence-electron chi connectivity index (χ1n) is 6.82. The summed E-state index contributed by atoms with van der Waals surface area (Å²) < 4.78 is 5.03. The molecule has 2 unspecified atom stereocenters. The van der Waals surface area contributed by atoms with Crippen LogP contribution in [0, 0.1) is 5.92 Å². The fourth-order valence-corrected chi connectivity index (χ4v) is 2.84. The van der Waals surface area contributed by atoms with Crippen LogP contribution in [-0.2, 0) is 6.54 Å². The SMILES string of the molecule is COc1ccc(CN(C)CC2CCCC2O)cc1O. The standard InChI is InChI=1S/C15H23NO3/c1-16(10-12-4-3-5-13(12)17)9-11-6-7-15(19-2)14(18)8-11/h6-8,12-13,17-18H,3-5,9-10H2,1-2H3. The first-order chi connectivity index (χ1) is 9.10. The van der Waals surface area contributed by atoms with Gasteiger partial charge in [0.2, 0.25) is 0 Å². The molecular weight excluding hydrogens is 242 g/mol. The van der Waals surface area contributed by atoms with Crippen LogP contribution in [0.25, 0.3) is 0 Å². The van der Waals surface area contributed by atoms with Crippen LogP contribution < -0.4 is 4.74 Å². The minimum atomic E-state index is -0.147. The second kappa shape index (κ2) is 6.26. The summed E-state index contributed by atoms with van der Waals surface area (Å²) in [6.45, 7) is 1.66. The summed E-state index contributed by atoms with van der Waals surface area (Å²) in [5.74, 6) is 1.06. The first-order valence-corrected chi connectivity index (χ1v) is 6.82. The molecule has 1 aliphatic rings. The molecule has 0 aliphatic heterocycles. The Morgan fingerprint density at radius 1 is 1.37 bits per heavy atom. The number of aliphatic hydroxyl groups excluding tert-OH is 1. The van der Waals surface area contributed by atoms with E-state index in [-0.39, 0.29) is 11.9 Å². The Morgan fingerprint density at radius 3 is 2.74 bits per heavy atom. The van der Waals surface area contributed by atoms with E-state index in [0.717, 1.165) is 37.9 Å². The van der Waals surface area contributed by atoms with E-state index >= 15 is 0 Å². The zero-order chi connectivity index (χ0) is 13.8. The molecule has 0 radical (unpaired) electrons. The highest BCUT2D eigenvalue weighted by Crippen LogP contribution is 2.28. The maximum absolute atomic E-state index is 9.83. The highest BCUT2D eigenvalue weighted by Gasteiger charge is 2.26. The van der Waals surface area contributed by atoms with Crippen molar-refractivity contribution in [3.63, 3.8) is 0 Å². The van der Waals surface area contributed by atoms with E-state index in [1.54, 1.807) is 19.2 Å². The molecule has 0 amide bonds. The van der Waals surface area contributed by atoms with Crippen LogP contribution >= 0.6 is 0 Å². The van der Waals surface area contributed by atoms with Crippen molar-refractivity contribution in [1.82, 2.24) is 4.90 Å². The van der Waals surface area contributed by atoms with Crippen LogP contribution in [0.2, 0.25) is 0 Å². The molecule has 4 nitrogen and oxygen atoms in total. The third-order valence-corrected chi connectivity index (χ3v) is 3.86. The Labute approximate surface area is 114 Å². The van der Waals surface area contributed by atoms with E-state index in [1.807, 2.05) is 13.1 Å². The van der Waals surface area contributed by atoms with Gasteiger partial charge in [0.25, 0.3) is 0 Å². The molecule has 1 saturated carbocycles.